The highest BCUT2D eigenvalue weighted by Crippen LogP contribution is 2.45. The van der Waals surface area contributed by atoms with Crippen molar-refractivity contribution in [2.24, 2.45) is 4.99 Å². The number of carbonyl (C=O) groups excluding carboxylic acids is 1. The normalized spacial score (nSPS) is 19.5. The number of aliphatic imine (C=N–C) groups is 1. The van der Waals surface area contributed by atoms with E-state index in [0.717, 1.165) is 16.5 Å². The van der Waals surface area contributed by atoms with E-state index in [1.54, 1.807) is 18.5 Å². The van der Waals surface area contributed by atoms with Gasteiger partial charge in [-0.05, 0) is 62.7 Å². The second-order valence-corrected chi connectivity index (χ2v) is 13.6. The number of nitriles is 1. The molecule has 9 nitrogen and oxygen atoms in total. The number of anilines is 1. The van der Waals surface area contributed by atoms with Crippen molar-refractivity contribution in [1.29, 1.82) is 5.26 Å². The number of rotatable bonds is 6. The van der Waals surface area contributed by atoms with Crippen molar-refractivity contribution < 1.29 is 13.6 Å². The van der Waals surface area contributed by atoms with Gasteiger partial charge in [-0.15, -0.1) is 0 Å². The quantitative estimate of drug-likeness (QED) is 0.213. The molecule has 2 aromatic heterocycles. The fourth-order valence-corrected chi connectivity index (χ4v) is 7.70. The second kappa shape index (κ2) is 11.8. The van der Waals surface area contributed by atoms with Crippen LogP contribution in [0.25, 0.3) is 32.9 Å². The number of nitrogens with zero attached hydrogens (tertiary/aromatic N) is 8. The molecule has 0 radical (unpaired) electrons. The number of benzene rings is 2. The molecular weight excluding hydrogens is 645 g/mol. The van der Waals surface area contributed by atoms with E-state index in [0.29, 0.717) is 71.4 Å². The zero-order valence-electron chi connectivity index (χ0n) is 26.2. The van der Waals surface area contributed by atoms with Crippen molar-refractivity contribution in [2.75, 3.05) is 38.6 Å². The number of pyridine rings is 1. The summed E-state index contributed by atoms with van der Waals surface area (Å²) in [6.45, 7) is 7.10. The molecule has 4 aromatic rings. The number of likely N-dealkylation sites (N-methyl/N-ethyl adjacent to an activating group) is 1. The van der Waals surface area contributed by atoms with Crippen molar-refractivity contribution in [1.82, 2.24) is 24.6 Å². The van der Waals surface area contributed by atoms with E-state index >= 15 is 4.39 Å². The Balaban J connectivity index is 1.43. The molecule has 2 saturated heterocycles. The average Bonchev–Trinajstić information content (AvgIpc) is 3.66. The maximum absolute atomic E-state index is 17.1. The Morgan fingerprint density at radius 2 is 1.96 bits per heavy atom. The lowest BCUT2D eigenvalue weighted by Crippen LogP contribution is -2.57. The molecule has 3 aliphatic heterocycles. The van der Waals surface area contributed by atoms with Crippen LogP contribution in [0.5, 0.6) is 0 Å². The molecule has 0 spiro atoms. The van der Waals surface area contributed by atoms with Crippen LogP contribution in [-0.2, 0) is 11.3 Å². The summed E-state index contributed by atoms with van der Waals surface area (Å²) in [4.78, 5) is 27.6. The predicted molar refractivity (Wildman–Crippen MR) is 180 cm³/mol. The van der Waals surface area contributed by atoms with E-state index in [-0.39, 0.29) is 35.1 Å². The second-order valence-electron chi connectivity index (χ2n) is 12.8. The van der Waals surface area contributed by atoms with Gasteiger partial charge in [0, 0.05) is 59.5 Å². The maximum Gasteiger partial charge on any atom is 0.282 e. The van der Waals surface area contributed by atoms with Crippen LogP contribution in [0.1, 0.15) is 42.0 Å². The van der Waals surface area contributed by atoms with Crippen LogP contribution in [0.3, 0.4) is 0 Å². The lowest BCUT2D eigenvalue weighted by atomic mass is 9.91. The molecule has 0 N–H and O–H groups in total. The first kappa shape index (κ1) is 31.5. The first-order valence-electron chi connectivity index (χ1n) is 15.4. The fourth-order valence-electron chi connectivity index (χ4n) is 7.19. The summed E-state index contributed by atoms with van der Waals surface area (Å²) >= 11 is 13.6. The molecule has 0 bridgehead atoms. The van der Waals surface area contributed by atoms with Crippen molar-refractivity contribution >= 4 is 62.9 Å². The Kier molecular flexibility index (Phi) is 7.94. The summed E-state index contributed by atoms with van der Waals surface area (Å²) < 4.78 is 32.8. The lowest BCUT2D eigenvalue weighted by Gasteiger charge is -2.43. The zero-order valence-corrected chi connectivity index (χ0v) is 27.7. The maximum atomic E-state index is 17.1. The van der Waals surface area contributed by atoms with Crippen LogP contribution in [0.2, 0.25) is 10.0 Å². The van der Waals surface area contributed by atoms with Gasteiger partial charge in [0.2, 0.25) is 0 Å². The van der Waals surface area contributed by atoms with Crippen molar-refractivity contribution in [3.63, 3.8) is 0 Å². The molecule has 1 amide bonds. The molecule has 2 aromatic carbocycles. The number of carbonyl (C=O) groups is 1. The lowest BCUT2D eigenvalue weighted by molar-refractivity contribution is -0.132. The van der Waals surface area contributed by atoms with Gasteiger partial charge in [-0.3, -0.25) is 14.5 Å². The number of fused-ring (bicyclic) bond motifs is 4. The standard InChI is InChI=1S/C34H32Cl2F2N8O/c1-17-26(35)9-19-12-40-13-24(19)28(17)29-27(36)11-23-31(30(29)38)42-33(44-15-22(16-44)43(3)4)25-14-41-46(32(23)25)21-6-8-45(34(47)18(2)37)20(10-21)5-7-39/h9,11,13-14,20-22H,2,5-6,8,10,12,15-16H2,1,3-4H3/t20-,21+/m1/s1. The molecule has 0 saturated carbocycles. The molecule has 0 unspecified atom stereocenters. The van der Waals surface area contributed by atoms with Crippen LogP contribution < -0.4 is 4.90 Å². The highest BCUT2D eigenvalue weighted by molar-refractivity contribution is 6.36. The number of piperidine rings is 1. The minimum atomic E-state index is -1.06. The monoisotopic (exact) mass is 676 g/mol. The molecule has 3 aliphatic rings. The number of likely N-dealkylation sites (tertiary alicyclic amines) is 1. The van der Waals surface area contributed by atoms with Gasteiger partial charge in [0.15, 0.2) is 11.6 Å². The summed E-state index contributed by atoms with van der Waals surface area (Å²) in [6.07, 6.45) is 4.31. The third kappa shape index (κ3) is 5.05. The van der Waals surface area contributed by atoms with Gasteiger partial charge in [0.05, 0.1) is 47.2 Å². The summed E-state index contributed by atoms with van der Waals surface area (Å²) in [5, 5.41) is 16.3. The van der Waals surface area contributed by atoms with Gasteiger partial charge in [-0.2, -0.15) is 10.4 Å². The van der Waals surface area contributed by atoms with E-state index in [2.05, 4.69) is 27.4 Å². The number of halogens is 4. The highest BCUT2D eigenvalue weighted by atomic mass is 35.5. The molecule has 7 rings (SSSR count). The number of hydrogen-bond donors (Lipinski definition) is 0. The Hall–Kier alpha value is -4.11. The summed E-state index contributed by atoms with van der Waals surface area (Å²) in [6, 6.07) is 5.25. The van der Waals surface area contributed by atoms with E-state index in [1.165, 1.54) is 4.90 Å². The van der Waals surface area contributed by atoms with Gasteiger partial charge in [-0.1, -0.05) is 29.8 Å². The van der Waals surface area contributed by atoms with Gasteiger partial charge in [0.1, 0.15) is 11.3 Å². The third-order valence-corrected chi connectivity index (χ3v) is 10.5. The predicted octanol–water partition coefficient (Wildman–Crippen LogP) is 6.62. The van der Waals surface area contributed by atoms with Crippen LogP contribution in [0.15, 0.2) is 35.7 Å². The van der Waals surface area contributed by atoms with Crippen LogP contribution in [-0.4, -0.2) is 82.5 Å². The van der Waals surface area contributed by atoms with Crippen LogP contribution in [0.4, 0.5) is 14.6 Å². The van der Waals surface area contributed by atoms with E-state index in [9.17, 15) is 14.4 Å². The molecular formula is C34H32Cl2F2N8O. The van der Waals surface area contributed by atoms with Gasteiger partial charge >= 0.3 is 0 Å². The van der Waals surface area contributed by atoms with E-state index in [1.807, 2.05) is 31.8 Å². The Morgan fingerprint density at radius 3 is 2.66 bits per heavy atom. The molecule has 2 fully saturated rings. The van der Waals surface area contributed by atoms with Crippen LogP contribution >= 0.6 is 23.2 Å². The van der Waals surface area contributed by atoms with Crippen molar-refractivity contribution in [3.05, 3.63) is 63.3 Å². The minimum Gasteiger partial charge on any atom is -0.353 e. The SMILES string of the molecule is C=C(F)C(=O)N1CC[C@H](n2ncc3c(N4CC(N(C)C)C4)nc4c(F)c(-c5c(C)c(Cl)cc6c5C=NC6)c(Cl)cc4c32)C[C@H]1CC#N. The summed E-state index contributed by atoms with van der Waals surface area (Å²) in [5.74, 6) is -1.82. The van der Waals surface area contributed by atoms with Crippen LogP contribution in [0, 0.1) is 24.1 Å². The summed E-state index contributed by atoms with van der Waals surface area (Å²) in [7, 11) is 4.05. The topological polar surface area (TPSA) is 93.7 Å². The smallest absolute Gasteiger partial charge is 0.282 e. The zero-order chi connectivity index (χ0) is 33.3. The first-order valence-corrected chi connectivity index (χ1v) is 16.2. The minimum absolute atomic E-state index is 0.0262. The number of hydrogen-bond acceptors (Lipinski definition) is 7. The number of aromatic nitrogens is 3. The Labute approximate surface area is 280 Å². The Bertz CT molecular complexity index is 2060. The molecule has 5 heterocycles. The van der Waals surface area contributed by atoms with Gasteiger partial charge in [-0.25, -0.2) is 13.8 Å². The van der Waals surface area contributed by atoms with Gasteiger partial charge in [0.25, 0.3) is 5.91 Å². The average molecular weight is 678 g/mol. The fraction of sp³-hybridized carbons (Fsp3) is 0.382. The number of amides is 1. The Morgan fingerprint density at radius 1 is 1.19 bits per heavy atom. The first-order chi connectivity index (χ1) is 22.5. The largest absolute Gasteiger partial charge is 0.353 e. The van der Waals surface area contributed by atoms with Crippen molar-refractivity contribution in [2.45, 2.75) is 50.9 Å². The molecule has 13 heteroatoms. The van der Waals surface area contributed by atoms with Crippen molar-refractivity contribution in [3.8, 4) is 17.2 Å². The summed E-state index contributed by atoms with van der Waals surface area (Å²) in [5.41, 5.74) is 4.01. The van der Waals surface area contributed by atoms with E-state index < -0.39 is 23.6 Å². The molecule has 242 valence electrons. The van der Waals surface area contributed by atoms with E-state index in [4.69, 9.17) is 33.3 Å². The highest BCUT2D eigenvalue weighted by Gasteiger charge is 2.37. The third-order valence-electron chi connectivity index (χ3n) is 9.83. The molecule has 47 heavy (non-hydrogen) atoms. The van der Waals surface area contributed by atoms with Gasteiger partial charge < -0.3 is 14.7 Å². The molecule has 0 aliphatic carbocycles. The molecule has 2 atom stereocenters.